The first-order valence-electron chi connectivity index (χ1n) is 36.5. The molecule has 628 valence electrons. The molecule has 0 aromatic carbocycles. The van der Waals surface area contributed by atoms with Crippen LogP contribution >= 0.6 is 0 Å². The van der Waals surface area contributed by atoms with Crippen LogP contribution in [-0.4, -0.2) is 161 Å². The fraction of sp³-hybridized carbons (Fsp3) is 0.456. The molecule has 12 aromatic heterocycles. The first-order chi connectivity index (χ1) is 55.9. The molecule has 0 amide bonds. The summed E-state index contributed by atoms with van der Waals surface area (Å²) in [7, 11) is 5.96. The summed E-state index contributed by atoms with van der Waals surface area (Å²) in [5.41, 5.74) is 0.991. The van der Waals surface area contributed by atoms with Gasteiger partial charge in [0, 0.05) is 97.1 Å². The average Bonchev–Trinajstić information content (AvgIpc) is 1.55. The summed E-state index contributed by atoms with van der Waals surface area (Å²) in [4.78, 5) is 44.7. The number of nitrogens with one attached hydrogen (secondary N) is 8. The van der Waals surface area contributed by atoms with Gasteiger partial charge < -0.3 is 47.1 Å². The lowest BCUT2D eigenvalue weighted by atomic mass is 9.76. The fourth-order valence-electron chi connectivity index (χ4n) is 13.6. The number of hydrogen-bond acceptors (Lipinski definition) is 27. The SMILES string of the molecule is CCNc1nc(Nc2cnn(C3CC(n4cnc(C(F)(F)F)n4)C3)c2C)ncc1C(F)(F)F.CNc1nc(Nc2cn(C3(c4ncn(C)n4)CCC3)nc2C)ncc1C(F)(F)F.CNc1nc(Nc2cn(C3CCC(n4nccn4)C3)nc2C)ncc1C(F)(F)F.CNc1nc(Nc2cn(C3CCn4ccnc43)nc2C)ncc1C(F)(F)F. The van der Waals surface area contributed by atoms with Gasteiger partial charge in [0.25, 0.3) is 5.82 Å². The highest BCUT2D eigenvalue weighted by molar-refractivity contribution is 5.62. The van der Waals surface area contributed by atoms with Crippen LogP contribution in [0.3, 0.4) is 0 Å². The second-order valence-electron chi connectivity index (χ2n) is 27.7. The Kier molecular flexibility index (Phi) is 23.3. The Morgan fingerprint density at radius 3 is 1.42 bits per heavy atom. The molecule has 0 spiro atoms. The number of aromatic nitrogens is 27. The molecule has 1 aliphatic heterocycles. The Morgan fingerprint density at radius 1 is 0.458 bits per heavy atom. The maximum atomic E-state index is 13.1. The van der Waals surface area contributed by atoms with Crippen LogP contribution in [0, 0.1) is 27.7 Å². The Morgan fingerprint density at radius 2 is 0.941 bits per heavy atom. The van der Waals surface area contributed by atoms with Crippen molar-refractivity contribution in [3.8, 4) is 0 Å². The largest absolute Gasteiger partial charge is 0.453 e. The van der Waals surface area contributed by atoms with E-state index < -0.39 is 64.5 Å². The van der Waals surface area contributed by atoms with Crippen molar-refractivity contribution in [2.75, 3.05) is 70.2 Å². The summed E-state index contributed by atoms with van der Waals surface area (Å²) in [6.07, 6.45) is 4.24. The molecule has 118 heavy (non-hydrogen) atoms. The lowest BCUT2D eigenvalue weighted by Gasteiger charge is -2.39. The summed E-state index contributed by atoms with van der Waals surface area (Å²) in [6, 6.07) is 0.138. The van der Waals surface area contributed by atoms with Crippen molar-refractivity contribution in [3.05, 3.63) is 150 Å². The van der Waals surface area contributed by atoms with Gasteiger partial charge in [0.15, 0.2) is 5.82 Å². The van der Waals surface area contributed by atoms with Gasteiger partial charge in [-0.2, -0.15) is 126 Å². The third-order valence-electron chi connectivity index (χ3n) is 19.9. The van der Waals surface area contributed by atoms with E-state index in [0.29, 0.717) is 70.4 Å². The van der Waals surface area contributed by atoms with Crippen LogP contribution in [0.25, 0.3) is 0 Å². The lowest BCUT2D eigenvalue weighted by molar-refractivity contribution is -0.145. The van der Waals surface area contributed by atoms with Gasteiger partial charge in [-0.1, -0.05) is 0 Å². The number of alkyl halides is 15. The van der Waals surface area contributed by atoms with Gasteiger partial charge >= 0.3 is 30.9 Å². The van der Waals surface area contributed by atoms with Gasteiger partial charge in [-0.25, -0.2) is 39.6 Å². The zero-order chi connectivity index (χ0) is 84.6. The number of hydrogen-bond donors (Lipinski definition) is 8. The molecule has 35 nitrogen and oxygen atoms in total. The number of anilines is 12. The quantitative estimate of drug-likeness (QED) is 0.0329. The van der Waals surface area contributed by atoms with E-state index in [1.807, 2.05) is 47.3 Å². The number of rotatable bonds is 20. The lowest BCUT2D eigenvalue weighted by Crippen LogP contribution is -2.43. The molecule has 50 heteroatoms. The van der Waals surface area contributed by atoms with Crippen molar-refractivity contribution in [1.82, 2.24) is 133 Å². The minimum Gasteiger partial charge on any atom is -0.372 e. The third-order valence-corrected chi connectivity index (χ3v) is 19.9. The third kappa shape index (κ3) is 18.1. The maximum absolute atomic E-state index is 13.1. The summed E-state index contributed by atoms with van der Waals surface area (Å²) < 4.78 is 207. The number of nitrogens with zero attached hydrogens (tertiary/aromatic N) is 27. The van der Waals surface area contributed by atoms with Crippen LogP contribution < -0.4 is 42.5 Å². The second kappa shape index (κ2) is 33.0. The summed E-state index contributed by atoms with van der Waals surface area (Å²) in [6.45, 7) is 9.96. The van der Waals surface area contributed by atoms with Crippen LogP contribution in [0.4, 0.5) is 136 Å². The van der Waals surface area contributed by atoms with Crippen molar-refractivity contribution >= 4 is 69.8 Å². The molecule has 4 aliphatic rings. The maximum Gasteiger partial charge on any atom is 0.453 e. The van der Waals surface area contributed by atoms with Crippen molar-refractivity contribution in [1.29, 1.82) is 0 Å². The van der Waals surface area contributed by atoms with E-state index in [1.165, 1.54) is 32.0 Å². The highest BCUT2D eigenvalue weighted by Crippen LogP contribution is 2.47. The van der Waals surface area contributed by atoms with Gasteiger partial charge in [-0.3, -0.25) is 23.4 Å². The number of fused-ring (bicyclic) bond motifs is 1. The Labute approximate surface area is 659 Å². The predicted molar refractivity (Wildman–Crippen MR) is 393 cm³/mol. The molecule has 0 radical (unpaired) electrons. The first-order valence-corrected chi connectivity index (χ1v) is 36.5. The molecular weight excluding hydrogens is 1590 g/mol. The molecule has 3 unspecified atom stereocenters. The Hall–Kier alpha value is -12.9. The highest BCUT2D eigenvalue weighted by Gasteiger charge is 2.46. The van der Waals surface area contributed by atoms with Crippen molar-refractivity contribution in [2.45, 2.75) is 166 Å². The topological polar surface area (TPSA) is 381 Å². The molecule has 0 saturated heterocycles. The molecule has 8 N–H and O–H groups in total. The zero-order valence-electron chi connectivity index (χ0n) is 64.0. The predicted octanol–water partition coefficient (Wildman–Crippen LogP) is 13.5. The molecule has 0 bridgehead atoms. The molecule has 3 fully saturated rings. The van der Waals surface area contributed by atoms with E-state index in [0.717, 1.165) is 82.2 Å². The number of halogens is 15. The van der Waals surface area contributed by atoms with Gasteiger partial charge in [0.2, 0.25) is 23.8 Å². The Balaban J connectivity index is 0.000000137. The van der Waals surface area contributed by atoms with Gasteiger partial charge in [-0.15, -0.1) is 5.10 Å². The molecule has 13 heterocycles. The van der Waals surface area contributed by atoms with Crippen LogP contribution in [0.15, 0.2) is 87.0 Å². The van der Waals surface area contributed by atoms with Crippen LogP contribution in [0.5, 0.6) is 0 Å². The number of aryl methyl sites for hydroxylation is 5. The normalized spacial score (nSPS) is 17.7. The van der Waals surface area contributed by atoms with E-state index in [9.17, 15) is 65.9 Å². The van der Waals surface area contributed by atoms with E-state index in [1.54, 1.807) is 72.2 Å². The zero-order valence-corrected chi connectivity index (χ0v) is 64.0. The molecule has 16 rings (SSSR count). The smallest absolute Gasteiger partial charge is 0.372 e. The standard InChI is InChI=1S/C18H19F6N9.2C17H20F3N9.C16H17F3N8/c1-3-25-14-12(17(19,20)21)6-26-16(30-14)29-13-7-28-33(9(13)2)11-4-10(5-11)32-8-27-15(31-32)18(22,23)24;1-10-12(24-15-22-7-11(17(18,19)20)13(21-2)25-15)8-29(26-10)16(5-4-6-16)14-23-9-28(3)27-14;1-10-14(25-16-22-8-13(17(18,19)20)15(21-2)26-16)9-28(27-10)11-3-4-12(7-11)29-23-5-6-24-29;1-9-11(8-27(25-9)12-3-5-26-6-4-21-14(12)26)23-15-22-7-10(16(17,18)19)13(20-2)24-15/h6-8,10-11H,3-5H2,1-2H3,(H2,25,26,29,30);7-9H,4-6H2,1-3H3,(H2,21,22,24,25);5-6,8-9,11-12H,3-4,7H2,1-2H3,(H2,21,22,25,26);4,6-8,12H,3,5H2,1-2H3,(H2,20,22,23,24). The summed E-state index contributed by atoms with van der Waals surface area (Å²) in [5.74, 6) is -0.615. The van der Waals surface area contributed by atoms with E-state index in [2.05, 4.69) is 143 Å². The van der Waals surface area contributed by atoms with Crippen molar-refractivity contribution in [2.24, 2.45) is 7.05 Å². The first kappa shape index (κ1) is 83.1. The molecular formula is C68H76F15N35. The Bertz CT molecular complexity index is 5440. The van der Waals surface area contributed by atoms with Gasteiger partial charge in [0.1, 0.15) is 75.6 Å². The minimum atomic E-state index is -4.60. The van der Waals surface area contributed by atoms with E-state index >= 15 is 0 Å². The van der Waals surface area contributed by atoms with Crippen LogP contribution in [0.2, 0.25) is 0 Å². The van der Waals surface area contributed by atoms with Gasteiger partial charge in [0.05, 0.1) is 88.3 Å². The van der Waals surface area contributed by atoms with Gasteiger partial charge in [-0.05, 0) is 92.4 Å². The number of imidazole rings is 1. The second-order valence-corrected chi connectivity index (χ2v) is 27.7. The van der Waals surface area contributed by atoms with E-state index in [-0.39, 0.29) is 83.8 Å². The summed E-state index contributed by atoms with van der Waals surface area (Å²) >= 11 is 0. The minimum absolute atomic E-state index is 0.0237. The molecule has 3 saturated carbocycles. The monoisotopic (exact) mass is 1670 g/mol. The van der Waals surface area contributed by atoms with Crippen molar-refractivity contribution in [3.63, 3.8) is 0 Å². The van der Waals surface area contributed by atoms with Crippen LogP contribution in [0.1, 0.15) is 157 Å². The fourth-order valence-corrected chi connectivity index (χ4v) is 13.6. The highest BCUT2D eigenvalue weighted by atomic mass is 19.4. The molecule has 3 aliphatic carbocycles. The molecule has 3 atom stereocenters. The molecule has 12 aromatic rings. The van der Waals surface area contributed by atoms with Crippen molar-refractivity contribution < 1.29 is 65.9 Å². The summed E-state index contributed by atoms with van der Waals surface area (Å²) in [5, 5.41) is 56.0. The van der Waals surface area contributed by atoms with E-state index in [4.69, 9.17) is 0 Å². The average molecular weight is 1670 g/mol. The van der Waals surface area contributed by atoms with Crippen LogP contribution in [-0.2, 0) is 50.0 Å².